The van der Waals surface area contributed by atoms with Crippen LogP contribution in [0.1, 0.15) is 37.1 Å². The van der Waals surface area contributed by atoms with E-state index in [4.69, 9.17) is 4.74 Å². The predicted molar refractivity (Wildman–Crippen MR) is 103 cm³/mol. The molecule has 140 valence electrons. The first-order chi connectivity index (χ1) is 12.5. The average molecular weight is 422 g/mol. The van der Waals surface area contributed by atoms with Crippen LogP contribution in [0, 0.1) is 5.92 Å². The molecule has 6 nitrogen and oxygen atoms in total. The lowest BCUT2D eigenvalue weighted by atomic mass is 9.93. The van der Waals surface area contributed by atoms with Gasteiger partial charge in [-0.1, -0.05) is 30.3 Å². The molecule has 1 saturated heterocycles. The SMILES string of the molecule is CCOC(=O)C1CCN(C(c2ccccc2)c2c(Br)c(=O)[nH]n2C)CC1. The van der Waals surface area contributed by atoms with Crippen LogP contribution >= 0.6 is 15.9 Å². The first-order valence-electron chi connectivity index (χ1n) is 8.93. The molecule has 26 heavy (non-hydrogen) atoms. The highest BCUT2D eigenvalue weighted by Crippen LogP contribution is 2.34. The van der Waals surface area contributed by atoms with Gasteiger partial charge in [-0.05, 0) is 54.3 Å². The van der Waals surface area contributed by atoms with E-state index in [9.17, 15) is 9.59 Å². The predicted octanol–water partition coefficient (Wildman–Crippen LogP) is 2.84. The number of carbonyl (C=O) groups is 1. The Balaban J connectivity index is 1.89. The maximum Gasteiger partial charge on any atom is 0.309 e. The number of esters is 1. The topological polar surface area (TPSA) is 67.3 Å². The number of rotatable bonds is 5. The second-order valence-corrected chi connectivity index (χ2v) is 7.37. The van der Waals surface area contributed by atoms with E-state index < -0.39 is 0 Å². The van der Waals surface area contributed by atoms with Crippen LogP contribution in [0.4, 0.5) is 0 Å². The zero-order valence-corrected chi connectivity index (χ0v) is 16.7. The van der Waals surface area contributed by atoms with E-state index in [1.165, 1.54) is 0 Å². The van der Waals surface area contributed by atoms with Crippen LogP contribution in [0.2, 0.25) is 0 Å². The van der Waals surface area contributed by atoms with Crippen molar-refractivity contribution in [3.8, 4) is 0 Å². The maximum atomic E-state index is 12.1. The number of aromatic nitrogens is 2. The monoisotopic (exact) mass is 421 g/mol. The molecule has 0 bridgehead atoms. The lowest BCUT2D eigenvalue weighted by Gasteiger charge is -2.37. The molecule has 1 aromatic carbocycles. The van der Waals surface area contributed by atoms with Crippen LogP contribution in [0.15, 0.2) is 39.6 Å². The van der Waals surface area contributed by atoms with Gasteiger partial charge in [0.2, 0.25) is 0 Å². The Bertz CT molecular complexity index is 807. The molecule has 0 amide bonds. The van der Waals surface area contributed by atoms with Crippen molar-refractivity contribution in [1.29, 1.82) is 0 Å². The fourth-order valence-electron chi connectivity index (χ4n) is 3.66. The fourth-order valence-corrected chi connectivity index (χ4v) is 4.23. The second kappa shape index (κ2) is 8.22. The minimum atomic E-state index is -0.134. The molecular formula is C19H24BrN3O3. The summed E-state index contributed by atoms with van der Waals surface area (Å²) in [5, 5.41) is 2.82. The van der Waals surface area contributed by atoms with Crippen LogP contribution < -0.4 is 5.56 Å². The Kier molecular flexibility index (Phi) is 5.98. The molecule has 3 rings (SSSR count). The van der Waals surface area contributed by atoms with E-state index in [1.807, 2.05) is 32.2 Å². The molecule has 1 N–H and O–H groups in total. The largest absolute Gasteiger partial charge is 0.466 e. The molecule has 2 heterocycles. The van der Waals surface area contributed by atoms with Crippen molar-refractivity contribution in [3.63, 3.8) is 0 Å². The maximum absolute atomic E-state index is 12.1. The number of nitrogens with zero attached hydrogens (tertiary/aromatic N) is 2. The molecular weight excluding hydrogens is 398 g/mol. The number of hydrogen-bond acceptors (Lipinski definition) is 4. The molecule has 0 saturated carbocycles. The summed E-state index contributed by atoms with van der Waals surface area (Å²) < 4.78 is 7.51. The van der Waals surface area contributed by atoms with Crippen molar-refractivity contribution in [1.82, 2.24) is 14.7 Å². The third-order valence-electron chi connectivity index (χ3n) is 4.94. The molecule has 0 spiro atoms. The smallest absolute Gasteiger partial charge is 0.309 e. The first-order valence-corrected chi connectivity index (χ1v) is 9.72. The molecule has 0 aliphatic carbocycles. The van der Waals surface area contributed by atoms with E-state index in [-0.39, 0.29) is 23.5 Å². The number of aromatic amines is 1. The van der Waals surface area contributed by atoms with E-state index >= 15 is 0 Å². The van der Waals surface area contributed by atoms with Crippen LogP contribution in [0.5, 0.6) is 0 Å². The Morgan fingerprint density at radius 2 is 1.96 bits per heavy atom. The highest BCUT2D eigenvalue weighted by Gasteiger charge is 2.33. The van der Waals surface area contributed by atoms with Gasteiger partial charge >= 0.3 is 5.97 Å². The number of nitrogens with one attached hydrogen (secondary N) is 1. The zero-order chi connectivity index (χ0) is 18.7. The second-order valence-electron chi connectivity index (χ2n) is 6.57. The van der Waals surface area contributed by atoms with Crippen molar-refractivity contribution in [3.05, 3.63) is 56.4 Å². The number of piperidine rings is 1. The summed E-state index contributed by atoms with van der Waals surface area (Å²) >= 11 is 3.46. The van der Waals surface area contributed by atoms with Crippen molar-refractivity contribution in [2.45, 2.75) is 25.8 Å². The molecule has 0 radical (unpaired) electrons. The fraction of sp³-hybridized carbons (Fsp3) is 0.474. The molecule has 1 unspecified atom stereocenters. The Morgan fingerprint density at radius 1 is 1.31 bits per heavy atom. The standard InChI is InChI=1S/C19H24BrN3O3/c1-3-26-19(25)14-9-11-23(12-10-14)16(13-7-5-4-6-8-13)17-15(20)18(24)21-22(17)2/h4-8,14,16H,3,9-12H2,1-2H3,(H,21,24). The summed E-state index contributed by atoms with van der Waals surface area (Å²) in [5.41, 5.74) is 1.89. The Labute approximate surface area is 161 Å². The normalized spacial score (nSPS) is 17.2. The van der Waals surface area contributed by atoms with Crippen LogP contribution in [-0.4, -0.2) is 40.3 Å². The third kappa shape index (κ3) is 3.78. The van der Waals surface area contributed by atoms with Crippen molar-refractivity contribution >= 4 is 21.9 Å². The van der Waals surface area contributed by atoms with Crippen LogP contribution in [-0.2, 0) is 16.6 Å². The highest BCUT2D eigenvalue weighted by atomic mass is 79.9. The molecule has 1 aromatic heterocycles. The van der Waals surface area contributed by atoms with Crippen LogP contribution in [0.25, 0.3) is 0 Å². The third-order valence-corrected chi connectivity index (χ3v) is 5.71. The highest BCUT2D eigenvalue weighted by molar-refractivity contribution is 9.10. The summed E-state index contributed by atoms with van der Waals surface area (Å²) in [6.45, 7) is 3.80. The quantitative estimate of drug-likeness (QED) is 0.753. The van der Waals surface area contributed by atoms with Gasteiger partial charge in [0.15, 0.2) is 0 Å². The number of halogens is 1. The van der Waals surface area contributed by atoms with Crippen molar-refractivity contribution in [2.24, 2.45) is 13.0 Å². The number of carbonyl (C=O) groups excluding carboxylic acids is 1. The number of aryl methyl sites for hydroxylation is 1. The lowest BCUT2D eigenvalue weighted by Crippen LogP contribution is -2.40. The van der Waals surface area contributed by atoms with Crippen molar-refractivity contribution < 1.29 is 9.53 Å². The van der Waals surface area contributed by atoms with Gasteiger partial charge in [-0.3, -0.25) is 24.3 Å². The molecule has 2 aromatic rings. The summed E-state index contributed by atoms with van der Waals surface area (Å²) in [4.78, 5) is 26.4. The number of H-pyrrole nitrogens is 1. The Morgan fingerprint density at radius 3 is 2.50 bits per heavy atom. The minimum absolute atomic E-state index is 0.0406. The van der Waals surface area contributed by atoms with E-state index in [0.717, 1.165) is 37.2 Å². The van der Waals surface area contributed by atoms with E-state index in [2.05, 4.69) is 38.1 Å². The molecule has 7 heteroatoms. The summed E-state index contributed by atoms with van der Waals surface area (Å²) in [7, 11) is 1.85. The number of hydrogen-bond donors (Lipinski definition) is 1. The van der Waals surface area contributed by atoms with Gasteiger partial charge in [0, 0.05) is 7.05 Å². The molecule has 1 fully saturated rings. The Hall–Kier alpha value is -1.86. The molecule has 1 aliphatic rings. The molecule has 1 aliphatic heterocycles. The van der Waals surface area contributed by atoms with Gasteiger partial charge in [-0.25, -0.2) is 0 Å². The average Bonchev–Trinajstić information content (AvgIpc) is 2.90. The first kappa shape index (κ1) is 18.9. The van der Waals surface area contributed by atoms with Gasteiger partial charge in [0.1, 0.15) is 4.47 Å². The van der Waals surface area contributed by atoms with Gasteiger partial charge < -0.3 is 4.74 Å². The van der Waals surface area contributed by atoms with Gasteiger partial charge in [-0.2, -0.15) is 0 Å². The minimum Gasteiger partial charge on any atom is -0.466 e. The lowest BCUT2D eigenvalue weighted by molar-refractivity contribution is -0.149. The summed E-state index contributed by atoms with van der Waals surface area (Å²) in [5.74, 6) is -0.139. The number of ether oxygens (including phenoxy) is 1. The van der Waals surface area contributed by atoms with Crippen molar-refractivity contribution in [2.75, 3.05) is 19.7 Å². The zero-order valence-electron chi connectivity index (χ0n) is 15.1. The summed E-state index contributed by atoms with van der Waals surface area (Å²) in [6.07, 6.45) is 1.52. The number of benzene rings is 1. The van der Waals surface area contributed by atoms with E-state index in [0.29, 0.717) is 11.1 Å². The molecule has 1 atom stereocenters. The van der Waals surface area contributed by atoms with Gasteiger partial charge in [0.05, 0.1) is 24.3 Å². The van der Waals surface area contributed by atoms with Gasteiger partial charge in [-0.15, -0.1) is 0 Å². The summed E-state index contributed by atoms with van der Waals surface area (Å²) in [6, 6.07) is 10.1. The number of likely N-dealkylation sites (tertiary alicyclic amines) is 1. The van der Waals surface area contributed by atoms with Crippen LogP contribution in [0.3, 0.4) is 0 Å². The van der Waals surface area contributed by atoms with Gasteiger partial charge in [0.25, 0.3) is 5.56 Å². The van der Waals surface area contributed by atoms with E-state index in [1.54, 1.807) is 4.68 Å².